The van der Waals surface area contributed by atoms with Gasteiger partial charge in [-0.15, -0.1) is 0 Å². The van der Waals surface area contributed by atoms with Crippen molar-refractivity contribution in [3.63, 3.8) is 0 Å². The van der Waals surface area contributed by atoms with Crippen LogP contribution in [0.3, 0.4) is 0 Å². The molecule has 7 rings (SSSR count). The topological polar surface area (TPSA) is 288 Å². The number of fused-ring (bicyclic) bond motifs is 3. The van der Waals surface area contributed by atoms with Gasteiger partial charge in [-0.05, 0) is 118 Å². The molecule has 2 aromatic carbocycles. The number of rotatable bonds is 12. The van der Waals surface area contributed by atoms with Crippen molar-refractivity contribution in [2.75, 3.05) is 82.1 Å². The van der Waals surface area contributed by atoms with Crippen LogP contribution in [0.2, 0.25) is 0 Å². The van der Waals surface area contributed by atoms with Crippen molar-refractivity contribution in [3.05, 3.63) is 82.4 Å². The van der Waals surface area contributed by atoms with Crippen LogP contribution < -0.4 is 21.3 Å². The molecule has 12 amide bonds. The van der Waals surface area contributed by atoms with Gasteiger partial charge in [-0.25, -0.2) is 8.78 Å². The van der Waals surface area contributed by atoms with Crippen molar-refractivity contribution in [2.45, 2.75) is 203 Å². The van der Waals surface area contributed by atoms with Gasteiger partial charge in [0, 0.05) is 81.9 Å². The third-order valence-corrected chi connectivity index (χ3v) is 21.1. The van der Waals surface area contributed by atoms with Crippen LogP contribution in [0.15, 0.2) is 48.6 Å². The van der Waals surface area contributed by atoms with Crippen molar-refractivity contribution in [3.8, 4) is 0 Å². The molecule has 33 heteroatoms. The van der Waals surface area contributed by atoms with Gasteiger partial charge in [0.25, 0.3) is 0 Å². The molecule has 580 valence electrons. The maximum atomic E-state index is 15.4. The van der Waals surface area contributed by atoms with E-state index in [0.717, 1.165) is 60.7 Å². The summed E-state index contributed by atoms with van der Waals surface area (Å²) in [5, 5.41) is 10.7. The number of nitrogens with one attached hydrogen (secondary N) is 4. The van der Waals surface area contributed by atoms with Gasteiger partial charge < -0.3 is 65.2 Å². The molecule has 25 nitrogen and oxygen atoms in total. The predicted molar refractivity (Wildman–Crippen MR) is 365 cm³/mol. The van der Waals surface area contributed by atoms with Gasteiger partial charge in [-0.2, -0.15) is 26.3 Å². The van der Waals surface area contributed by atoms with Gasteiger partial charge in [0.2, 0.25) is 70.9 Å². The number of carbonyl (C=O) groups excluding carboxylic acids is 12. The molecule has 0 radical (unpaired) electrons. The first-order valence-corrected chi connectivity index (χ1v) is 35.6. The Labute approximate surface area is 605 Å². The molecule has 4 N–H and O–H groups in total. The van der Waals surface area contributed by atoms with E-state index in [4.69, 9.17) is 4.74 Å². The lowest BCUT2D eigenvalue weighted by molar-refractivity contribution is -0.157. The van der Waals surface area contributed by atoms with Crippen LogP contribution in [0, 0.1) is 23.5 Å². The van der Waals surface area contributed by atoms with E-state index in [-0.39, 0.29) is 63.8 Å². The van der Waals surface area contributed by atoms with E-state index in [1.165, 1.54) is 52.1 Å². The molecular formula is C72H98F8N12O13. The zero-order valence-electron chi connectivity index (χ0n) is 61.2. The van der Waals surface area contributed by atoms with Crippen LogP contribution in [0.25, 0.3) is 0 Å². The molecule has 10 atom stereocenters. The minimum atomic E-state index is -5.46. The van der Waals surface area contributed by atoms with E-state index < -0.39 is 222 Å². The largest absolute Gasteiger partial charge is 0.422 e. The fourth-order valence-electron chi connectivity index (χ4n) is 14.6. The highest BCUT2D eigenvalue weighted by Gasteiger charge is 2.54. The molecule has 2 aliphatic carbocycles. The average molecular weight is 1490 g/mol. The fourth-order valence-corrected chi connectivity index (χ4v) is 14.6. The Bertz CT molecular complexity index is 3550. The number of alkyl halides is 6. The monoisotopic (exact) mass is 1490 g/mol. The third kappa shape index (κ3) is 19.8. The van der Waals surface area contributed by atoms with Gasteiger partial charge in [-0.3, -0.25) is 57.5 Å². The quantitative estimate of drug-likeness (QED) is 0.165. The summed E-state index contributed by atoms with van der Waals surface area (Å²) in [5.74, 6) is -15.3. The summed E-state index contributed by atoms with van der Waals surface area (Å²) in [4.78, 5) is 187. The molecule has 3 heterocycles. The van der Waals surface area contributed by atoms with Gasteiger partial charge in [0.1, 0.15) is 71.1 Å². The molecule has 2 saturated carbocycles. The first-order chi connectivity index (χ1) is 49.3. The lowest BCUT2D eigenvalue weighted by atomic mass is 9.74. The van der Waals surface area contributed by atoms with Gasteiger partial charge >= 0.3 is 12.4 Å². The van der Waals surface area contributed by atoms with E-state index in [2.05, 4.69) is 21.3 Å². The van der Waals surface area contributed by atoms with Gasteiger partial charge in [0.05, 0.1) is 31.2 Å². The van der Waals surface area contributed by atoms with Crippen molar-refractivity contribution < 1.29 is 97.4 Å². The first kappa shape index (κ1) is 83.5. The molecule has 2 aromatic rings. The van der Waals surface area contributed by atoms with E-state index >= 15 is 37.5 Å². The Balaban J connectivity index is 1.33. The first-order valence-electron chi connectivity index (χ1n) is 35.6. The number of hydrogen-bond acceptors (Lipinski definition) is 13. The summed E-state index contributed by atoms with van der Waals surface area (Å²) in [6, 6.07) is -7.33. The summed E-state index contributed by atoms with van der Waals surface area (Å²) in [6.07, 6.45) is -7.53. The van der Waals surface area contributed by atoms with Gasteiger partial charge in [0.15, 0.2) is 0 Å². The van der Waals surface area contributed by atoms with Crippen LogP contribution in [-0.4, -0.2) is 252 Å². The number of amides is 12. The third-order valence-electron chi connectivity index (χ3n) is 21.1. The highest BCUT2D eigenvalue weighted by atomic mass is 19.4. The minimum absolute atomic E-state index is 0.0185. The zero-order chi connectivity index (χ0) is 77.9. The SMILES string of the molecule is CCO[C@@H]1C[C@H]2C(=O)NC3(CCC3)C(=O)N(C)[C@@H](C3CCCC3)C(=O)N(C)[C@H](C(=O)N(C)C)CC(=O)N(C)[C@@H](CC)C(=O)N[C@@H]([C@@H](C)CC)C(=O)NCC(=O)N(C)[C@H]3C/C=C\CCN(C3=O)[C@@H](Cc3ccc(C(F)(F)F)cc3)C(=O)N(C)CC(=O)N[C@@H](CCc3cc(F)c(C(F)(F)F)c(F)c3)C(=O)N2C1. The molecule has 0 aromatic heterocycles. The number of likely N-dealkylation sites (N-methyl/N-ethyl adjacent to an activating group) is 6. The smallest absolute Gasteiger partial charge is 0.377 e. The lowest BCUT2D eigenvalue weighted by Gasteiger charge is -2.46. The van der Waals surface area contributed by atoms with E-state index in [0.29, 0.717) is 50.7 Å². The summed E-state index contributed by atoms with van der Waals surface area (Å²) in [6.45, 7) is 4.39. The molecular weight excluding hydrogens is 1390 g/mol. The normalized spacial score (nSPS) is 26.3. The van der Waals surface area contributed by atoms with Crippen molar-refractivity contribution in [1.82, 2.24) is 60.5 Å². The summed E-state index contributed by atoms with van der Waals surface area (Å²) in [7, 11) is 9.26. The minimum Gasteiger partial charge on any atom is -0.377 e. The summed E-state index contributed by atoms with van der Waals surface area (Å²) >= 11 is 0. The molecule has 5 aliphatic rings. The maximum absolute atomic E-state index is 15.4. The van der Waals surface area contributed by atoms with Crippen molar-refractivity contribution >= 4 is 70.9 Å². The number of nitrogens with zero attached hydrogens (tertiary/aromatic N) is 8. The molecule has 0 unspecified atom stereocenters. The lowest BCUT2D eigenvalue weighted by Crippen LogP contribution is -2.68. The highest BCUT2D eigenvalue weighted by Crippen LogP contribution is 2.40. The number of aryl methyl sites for hydroxylation is 1. The average Bonchev–Trinajstić information content (AvgIpc) is 1.66. The van der Waals surface area contributed by atoms with E-state index in [9.17, 15) is 55.1 Å². The van der Waals surface area contributed by atoms with Gasteiger partial charge in [-0.1, -0.05) is 64.3 Å². The second-order valence-corrected chi connectivity index (χ2v) is 28.3. The number of hydrogen-bond donors (Lipinski definition) is 4. The second-order valence-electron chi connectivity index (χ2n) is 28.3. The van der Waals surface area contributed by atoms with Crippen LogP contribution >= 0.6 is 0 Å². The Kier molecular flexibility index (Phi) is 28.3. The van der Waals surface area contributed by atoms with E-state index in [1.54, 1.807) is 39.8 Å². The maximum Gasteiger partial charge on any atom is 0.422 e. The number of ether oxygens (including phenoxy) is 1. The van der Waals surface area contributed by atoms with Crippen LogP contribution in [-0.2, 0) is 87.5 Å². The second kappa shape index (κ2) is 35.5. The van der Waals surface area contributed by atoms with E-state index in [1.807, 2.05) is 0 Å². The fraction of sp³-hybridized carbons (Fsp3) is 0.639. The molecule has 3 aliphatic heterocycles. The Morgan fingerprint density at radius 1 is 0.695 bits per heavy atom. The van der Waals surface area contributed by atoms with Crippen molar-refractivity contribution in [2.24, 2.45) is 11.8 Å². The highest BCUT2D eigenvalue weighted by molar-refractivity contribution is 6.01. The Hall–Kier alpha value is -8.78. The Morgan fingerprint density at radius 3 is 1.90 bits per heavy atom. The zero-order valence-corrected chi connectivity index (χ0v) is 61.2. The predicted octanol–water partition coefficient (Wildman–Crippen LogP) is 4.76. The van der Waals surface area contributed by atoms with Crippen molar-refractivity contribution in [1.29, 1.82) is 0 Å². The number of benzene rings is 2. The van der Waals surface area contributed by atoms with Crippen LogP contribution in [0.4, 0.5) is 35.1 Å². The summed E-state index contributed by atoms with van der Waals surface area (Å²) < 4.78 is 120. The molecule has 2 bridgehead atoms. The molecule has 105 heavy (non-hydrogen) atoms. The molecule has 2 saturated heterocycles. The standard InChI is InChI=1S/C72H98F8N12O13/c1-12-41(4)59-63(98)81-38-57(95)88(9)51-23-16-15-19-32-91(67(51)102)54(35-42-24-27-45(28-25-42)71(75,76)77)66(101)86(7)40-55(93)82-49(29-26-43-33-47(73)58(48(74)34-43)72(78,79)80)64(99)92-39-46(105-14-3)36-52(92)62(97)84-70(30-20-31-70)69(104)90(11)60(44-21-17-18-22-44)68(103)89(10)53(65(100)85(5)6)37-56(94)87(8)50(13-2)61(96)83-59/h15-16,24-25,27-28,33-34,41,44,46,49-54,59-60H,12-14,17-23,26,29-32,35-40H2,1-11H3,(H,81,98)(H,82,93)(H,83,96)(H,84,97)/b16-15-/t41-,46+,49-,50-,51-,52-,53-,54-,59-,60-/m0/s1. The van der Waals surface area contributed by atoms with Crippen LogP contribution in [0.1, 0.15) is 140 Å². The molecule has 4 fully saturated rings. The Morgan fingerprint density at radius 2 is 1.33 bits per heavy atom. The number of halogens is 8. The molecule has 1 spiro atoms. The number of carbonyl (C=O) groups is 12. The summed E-state index contributed by atoms with van der Waals surface area (Å²) in [5.41, 5.74) is -5.25. The van der Waals surface area contributed by atoms with Crippen LogP contribution in [0.5, 0.6) is 0 Å².